The van der Waals surface area contributed by atoms with Crippen molar-refractivity contribution in [2.45, 2.75) is 42.7 Å². The molecule has 0 radical (unpaired) electrons. The molecule has 6 aliphatic heterocycles. The Morgan fingerprint density at radius 1 is 0.472 bits per heavy atom. The van der Waals surface area contributed by atoms with Gasteiger partial charge in [-0.15, -0.1) is 11.8 Å². The van der Waals surface area contributed by atoms with E-state index in [1.165, 1.54) is 0 Å². The molecular formula is C29H53N7O14S3. The van der Waals surface area contributed by atoms with E-state index < -0.39 is 53.9 Å². The van der Waals surface area contributed by atoms with Gasteiger partial charge in [-0.25, -0.2) is 0 Å². The fourth-order valence-corrected chi connectivity index (χ4v) is 7.12. The van der Waals surface area contributed by atoms with Crippen molar-refractivity contribution < 1.29 is 68.9 Å². The van der Waals surface area contributed by atoms with E-state index in [0.717, 1.165) is 50.0 Å². The Balaban J connectivity index is 0.000000318. The number of morpholine rings is 1. The van der Waals surface area contributed by atoms with Crippen molar-refractivity contribution in [2.24, 2.45) is 0 Å². The van der Waals surface area contributed by atoms with Gasteiger partial charge in [0, 0.05) is 61.6 Å². The molecule has 0 saturated carbocycles. The number of aliphatic carboxylic acids is 6. The summed E-state index contributed by atoms with van der Waals surface area (Å²) >= 11 is 5.02. The number of ether oxygens (including phenoxy) is 2. The number of nitrogens with one attached hydrogen (secondary N) is 7. The Bertz CT molecular complexity index is 989. The molecule has 0 aliphatic carbocycles. The molecule has 0 aromatic rings. The number of rotatable bonds is 6. The number of hydrogen-bond donors (Lipinski definition) is 13. The summed E-state index contributed by atoms with van der Waals surface area (Å²) in [7, 11) is 0. The highest BCUT2D eigenvalue weighted by Crippen LogP contribution is 2.09. The molecule has 0 amide bonds. The van der Waals surface area contributed by atoms with Gasteiger partial charge in [-0.1, -0.05) is 0 Å². The van der Waals surface area contributed by atoms with Crippen LogP contribution >= 0.6 is 35.3 Å². The molecule has 21 nitrogen and oxygen atoms in total. The fourth-order valence-electron chi connectivity index (χ4n) is 4.25. The van der Waals surface area contributed by atoms with Crippen molar-refractivity contribution in [1.29, 1.82) is 0 Å². The summed E-state index contributed by atoms with van der Waals surface area (Å²) < 4.78 is 9.63. The summed E-state index contributed by atoms with van der Waals surface area (Å²) in [4.78, 5) is 61.4. The third-order valence-electron chi connectivity index (χ3n) is 7.25. The van der Waals surface area contributed by atoms with E-state index in [1.807, 2.05) is 0 Å². The molecule has 13 N–H and O–H groups in total. The molecule has 24 heteroatoms. The minimum atomic E-state index is -0.845. The van der Waals surface area contributed by atoms with Crippen molar-refractivity contribution in [3.05, 3.63) is 0 Å². The van der Waals surface area contributed by atoms with Crippen molar-refractivity contribution in [3.8, 4) is 0 Å². The third-order valence-corrected chi connectivity index (χ3v) is 10.4. The van der Waals surface area contributed by atoms with Crippen LogP contribution in [0.3, 0.4) is 0 Å². The topological polar surface area (TPSA) is 326 Å². The van der Waals surface area contributed by atoms with Crippen LogP contribution in [0.2, 0.25) is 0 Å². The normalized spacial score (nSPS) is 27.8. The van der Waals surface area contributed by atoms with Crippen LogP contribution in [0.5, 0.6) is 0 Å². The highest BCUT2D eigenvalue weighted by Gasteiger charge is 2.23. The molecule has 0 aromatic heterocycles. The average molecular weight is 820 g/mol. The first-order valence-corrected chi connectivity index (χ1v) is 20.2. The Morgan fingerprint density at radius 2 is 0.962 bits per heavy atom. The maximum absolute atomic E-state index is 10.4. The summed E-state index contributed by atoms with van der Waals surface area (Å²) in [6, 6.07) is -2.33. The van der Waals surface area contributed by atoms with Crippen molar-refractivity contribution in [1.82, 2.24) is 37.2 Å². The zero-order valence-electron chi connectivity index (χ0n) is 29.2. The van der Waals surface area contributed by atoms with E-state index in [-0.39, 0.29) is 31.3 Å². The van der Waals surface area contributed by atoms with E-state index in [1.54, 1.807) is 35.3 Å². The number of carboxylic acid groups (broad SMARTS) is 6. The van der Waals surface area contributed by atoms with Crippen LogP contribution in [-0.4, -0.2) is 203 Å². The van der Waals surface area contributed by atoms with Crippen LogP contribution in [-0.2, 0) is 38.2 Å². The third kappa shape index (κ3) is 23.8. The van der Waals surface area contributed by atoms with E-state index in [9.17, 15) is 28.8 Å². The molecule has 6 rings (SSSR count). The van der Waals surface area contributed by atoms with Gasteiger partial charge in [-0.2, -0.15) is 23.5 Å². The highest BCUT2D eigenvalue weighted by molar-refractivity contribution is 7.99. The Hall–Kier alpha value is -2.49. The predicted octanol–water partition coefficient (Wildman–Crippen LogP) is -3.62. The monoisotopic (exact) mass is 819 g/mol. The first-order valence-electron chi connectivity index (χ1n) is 16.7. The average Bonchev–Trinajstić information content (AvgIpc) is 3.86. The Kier molecular flexibility index (Phi) is 27.3. The molecule has 0 aromatic carbocycles. The standard InChI is InChI=1S/C6H11NO2S.C5H10N2O2.C5H9NO3.C5H9NO2S.C4H7NO3.C4H7NO2S/c8-6(9)5-4-10-3-1-2-7-5;8-5(9)4-3-6-1-2-7-4;2*7-5(8)4-3-9-2-1-6-4;2*6-4(7)3-1-8-2-5-3/h5,7H,1-4H2,(H,8,9);4,6-7H,1-3H2,(H,8,9);2*4,6H,1-3H2,(H,7,8);2*3,5H,1-2H2,(H,6,7)/t5-;3*4-;2*3-/m000000/s1. The maximum atomic E-state index is 10.4. The number of thioether (sulfide) groups is 3. The van der Waals surface area contributed by atoms with Crippen LogP contribution in [0.1, 0.15) is 6.42 Å². The van der Waals surface area contributed by atoms with Gasteiger partial charge in [0.25, 0.3) is 0 Å². The molecule has 6 heterocycles. The van der Waals surface area contributed by atoms with Crippen LogP contribution in [0.4, 0.5) is 0 Å². The fraction of sp³-hybridized carbons (Fsp3) is 0.793. The molecule has 0 unspecified atom stereocenters. The zero-order valence-corrected chi connectivity index (χ0v) is 31.6. The summed E-state index contributed by atoms with van der Waals surface area (Å²) in [5.41, 5.74) is 0. The van der Waals surface area contributed by atoms with Gasteiger partial charge < -0.3 is 66.7 Å². The first-order chi connectivity index (χ1) is 25.3. The van der Waals surface area contributed by atoms with E-state index in [0.29, 0.717) is 43.7 Å². The predicted molar refractivity (Wildman–Crippen MR) is 198 cm³/mol. The van der Waals surface area contributed by atoms with Gasteiger partial charge in [0.15, 0.2) is 0 Å². The minimum absolute atomic E-state index is 0.287. The minimum Gasteiger partial charge on any atom is -0.480 e. The van der Waals surface area contributed by atoms with E-state index in [2.05, 4.69) is 37.2 Å². The number of hydrogen-bond acceptors (Lipinski definition) is 18. The molecule has 0 spiro atoms. The smallest absolute Gasteiger partial charge is 0.323 e. The van der Waals surface area contributed by atoms with Gasteiger partial charge in [-0.3, -0.25) is 39.4 Å². The van der Waals surface area contributed by atoms with E-state index in [4.69, 9.17) is 40.1 Å². The molecular weight excluding hydrogens is 767 g/mol. The maximum Gasteiger partial charge on any atom is 0.323 e. The molecule has 6 aliphatic rings. The van der Waals surface area contributed by atoms with Gasteiger partial charge >= 0.3 is 35.8 Å². The second-order valence-electron chi connectivity index (χ2n) is 11.4. The van der Waals surface area contributed by atoms with Crippen molar-refractivity contribution >= 4 is 71.1 Å². The SMILES string of the molecule is O=C(O)[C@@H]1CNCCN1.O=C(O)[C@@H]1COCCN1.O=C(O)[C@@H]1COCN1.O=C(O)[C@@H]1CSCCCN1.O=C(O)[C@@H]1CSCCN1.O=C(O)[C@@H]1CSCN1. The van der Waals surface area contributed by atoms with Gasteiger partial charge in [0.05, 0.1) is 26.6 Å². The summed E-state index contributed by atoms with van der Waals surface area (Å²) in [6.07, 6.45) is 1.08. The van der Waals surface area contributed by atoms with Gasteiger partial charge in [0.2, 0.25) is 0 Å². The molecule has 53 heavy (non-hydrogen) atoms. The Morgan fingerprint density at radius 3 is 1.34 bits per heavy atom. The highest BCUT2D eigenvalue weighted by atomic mass is 32.2. The summed E-state index contributed by atoms with van der Waals surface area (Å²) in [5, 5.41) is 70.4. The van der Waals surface area contributed by atoms with Crippen molar-refractivity contribution in [2.75, 3.05) is 100 Å². The van der Waals surface area contributed by atoms with Crippen molar-refractivity contribution in [3.63, 3.8) is 0 Å². The zero-order chi connectivity index (χ0) is 39.4. The second kappa shape index (κ2) is 29.8. The molecule has 0 bridgehead atoms. The summed E-state index contributed by atoms with van der Waals surface area (Å²) in [6.45, 7) is 5.99. The number of carbonyl (C=O) groups is 6. The number of carboxylic acids is 6. The summed E-state index contributed by atoms with van der Waals surface area (Å²) in [5.74, 6) is 0.336. The lowest BCUT2D eigenvalue weighted by atomic mass is 10.2. The van der Waals surface area contributed by atoms with Gasteiger partial charge in [0.1, 0.15) is 36.3 Å². The van der Waals surface area contributed by atoms with Crippen LogP contribution in [0.15, 0.2) is 0 Å². The van der Waals surface area contributed by atoms with Crippen LogP contribution in [0, 0.1) is 0 Å². The van der Waals surface area contributed by atoms with Crippen LogP contribution < -0.4 is 37.2 Å². The molecule has 306 valence electrons. The van der Waals surface area contributed by atoms with Gasteiger partial charge in [-0.05, 0) is 18.7 Å². The van der Waals surface area contributed by atoms with Crippen LogP contribution in [0.25, 0.3) is 0 Å². The lowest BCUT2D eigenvalue weighted by Gasteiger charge is -2.20. The molecule has 6 saturated heterocycles. The first kappa shape index (κ1) is 48.5. The largest absolute Gasteiger partial charge is 0.480 e. The Labute approximate surface area is 319 Å². The molecule has 6 atom stereocenters. The number of piperazine rings is 1. The lowest BCUT2D eigenvalue weighted by Crippen LogP contribution is -2.52. The second-order valence-corrected chi connectivity index (χ2v) is 14.7. The van der Waals surface area contributed by atoms with E-state index >= 15 is 0 Å². The lowest BCUT2D eigenvalue weighted by molar-refractivity contribution is -0.143. The molecule has 6 fully saturated rings. The quantitative estimate of drug-likeness (QED) is 0.123.